The molecule has 0 spiro atoms. The average Bonchev–Trinajstić information content (AvgIpc) is 2.18. The Kier molecular flexibility index (Phi) is 3.87. The maximum atomic E-state index is 7.42. The molecule has 1 unspecified atom stereocenters. The van der Waals surface area contributed by atoms with E-state index in [2.05, 4.69) is 13.8 Å². The molecule has 0 aromatic heterocycles. The molecule has 0 aromatic carbocycles. The van der Waals surface area contributed by atoms with Gasteiger partial charge in [-0.3, -0.25) is 0 Å². The van der Waals surface area contributed by atoms with Crippen LogP contribution in [-0.2, 0) is 0 Å². The summed E-state index contributed by atoms with van der Waals surface area (Å²) in [6, 6.07) is 0. The van der Waals surface area contributed by atoms with Crippen molar-refractivity contribution in [2.24, 2.45) is 11.1 Å². The van der Waals surface area contributed by atoms with Crippen LogP contribution < -0.4 is 5.73 Å². The minimum absolute atomic E-state index is 0.217. The molecule has 2 nitrogen and oxygen atoms in total. The van der Waals surface area contributed by atoms with Crippen LogP contribution in [0.25, 0.3) is 0 Å². The molecule has 1 aliphatic carbocycles. The van der Waals surface area contributed by atoms with E-state index in [9.17, 15) is 0 Å². The van der Waals surface area contributed by atoms with E-state index in [0.717, 1.165) is 19.4 Å². The van der Waals surface area contributed by atoms with Crippen molar-refractivity contribution in [2.75, 3.05) is 6.54 Å². The topological polar surface area (TPSA) is 49.9 Å². The molecule has 1 aliphatic rings. The van der Waals surface area contributed by atoms with Crippen LogP contribution in [0.2, 0.25) is 0 Å². The molecular formula is C12H22N2. The van der Waals surface area contributed by atoms with Gasteiger partial charge in [0.25, 0.3) is 0 Å². The van der Waals surface area contributed by atoms with Crippen molar-refractivity contribution in [1.29, 1.82) is 5.41 Å². The molecular weight excluding hydrogens is 172 g/mol. The summed E-state index contributed by atoms with van der Waals surface area (Å²) in [5, 5.41) is 7.42. The third-order valence-corrected chi connectivity index (χ3v) is 3.41. The summed E-state index contributed by atoms with van der Waals surface area (Å²) in [5.74, 6) is 0. The summed E-state index contributed by atoms with van der Waals surface area (Å²) in [7, 11) is 0. The van der Waals surface area contributed by atoms with E-state index >= 15 is 0 Å². The number of hydrogen-bond acceptors (Lipinski definition) is 2. The third kappa shape index (κ3) is 2.68. The fraction of sp³-hybridized carbons (Fsp3) is 0.750. The molecule has 14 heavy (non-hydrogen) atoms. The molecule has 0 saturated carbocycles. The molecule has 0 aliphatic heterocycles. The van der Waals surface area contributed by atoms with E-state index in [-0.39, 0.29) is 5.41 Å². The number of nitrogens with two attached hydrogens (primary N) is 1. The van der Waals surface area contributed by atoms with Crippen molar-refractivity contribution in [1.82, 2.24) is 0 Å². The van der Waals surface area contributed by atoms with Crippen molar-refractivity contribution in [3.8, 4) is 0 Å². The Morgan fingerprint density at radius 3 is 2.79 bits per heavy atom. The van der Waals surface area contributed by atoms with Gasteiger partial charge >= 0.3 is 0 Å². The maximum Gasteiger partial charge on any atom is 0.0209 e. The van der Waals surface area contributed by atoms with Gasteiger partial charge in [-0.25, -0.2) is 0 Å². The number of rotatable bonds is 2. The highest BCUT2D eigenvalue weighted by Gasteiger charge is 2.25. The summed E-state index contributed by atoms with van der Waals surface area (Å²) in [6.45, 7) is 5.13. The van der Waals surface area contributed by atoms with Gasteiger partial charge in [-0.2, -0.15) is 0 Å². The van der Waals surface area contributed by atoms with Gasteiger partial charge in [0.2, 0.25) is 0 Å². The molecule has 0 radical (unpaired) electrons. The van der Waals surface area contributed by atoms with Crippen LogP contribution in [0.1, 0.15) is 46.0 Å². The first kappa shape index (κ1) is 11.4. The minimum atomic E-state index is 0.217. The van der Waals surface area contributed by atoms with Crippen LogP contribution >= 0.6 is 0 Å². The van der Waals surface area contributed by atoms with Gasteiger partial charge in [0, 0.05) is 6.21 Å². The Balaban J connectivity index is 2.87. The minimum Gasteiger partial charge on any atom is -0.330 e. The van der Waals surface area contributed by atoms with Crippen LogP contribution in [0.4, 0.5) is 0 Å². The first-order valence-electron chi connectivity index (χ1n) is 5.50. The van der Waals surface area contributed by atoms with Crippen molar-refractivity contribution in [3.63, 3.8) is 0 Å². The molecule has 0 aromatic rings. The predicted octanol–water partition coefficient (Wildman–Crippen LogP) is 2.88. The number of hydrogen-bond donors (Lipinski definition) is 2. The van der Waals surface area contributed by atoms with Crippen molar-refractivity contribution in [2.45, 2.75) is 46.0 Å². The standard InChI is InChI=1S/C12H22N2/c1-10-5-3-4-6-12(2,9-14)7-11(10)8-13/h8,13H,3-7,9,14H2,1-2H3/b11-10+,13-8?. The molecule has 3 N–H and O–H groups in total. The van der Waals surface area contributed by atoms with Crippen molar-refractivity contribution in [3.05, 3.63) is 11.1 Å². The second kappa shape index (κ2) is 4.74. The van der Waals surface area contributed by atoms with Gasteiger partial charge in [-0.05, 0) is 50.1 Å². The van der Waals surface area contributed by atoms with E-state index in [1.165, 1.54) is 36.6 Å². The summed E-state index contributed by atoms with van der Waals surface area (Å²) in [5.41, 5.74) is 8.63. The SMILES string of the molecule is C/C1=C(\C=N)CC(C)(CN)CCCC1. The zero-order valence-electron chi connectivity index (χ0n) is 9.40. The highest BCUT2D eigenvalue weighted by molar-refractivity contribution is 5.77. The molecule has 0 heterocycles. The fourth-order valence-electron chi connectivity index (χ4n) is 2.15. The van der Waals surface area contributed by atoms with Gasteiger partial charge in [0.15, 0.2) is 0 Å². The largest absolute Gasteiger partial charge is 0.330 e. The second-order valence-electron chi connectivity index (χ2n) is 4.85. The van der Waals surface area contributed by atoms with Gasteiger partial charge < -0.3 is 11.1 Å². The Morgan fingerprint density at radius 1 is 1.50 bits per heavy atom. The Hall–Kier alpha value is -0.630. The van der Waals surface area contributed by atoms with Crippen LogP contribution in [-0.4, -0.2) is 12.8 Å². The molecule has 80 valence electrons. The lowest BCUT2D eigenvalue weighted by Gasteiger charge is -2.31. The first-order valence-corrected chi connectivity index (χ1v) is 5.50. The normalized spacial score (nSPS) is 34.8. The Morgan fingerprint density at radius 2 is 2.21 bits per heavy atom. The van der Waals surface area contributed by atoms with Crippen molar-refractivity contribution >= 4 is 6.21 Å². The van der Waals surface area contributed by atoms with Gasteiger partial charge in [-0.1, -0.05) is 18.9 Å². The van der Waals surface area contributed by atoms with Crippen LogP contribution in [0, 0.1) is 10.8 Å². The van der Waals surface area contributed by atoms with E-state index in [1.807, 2.05) is 0 Å². The van der Waals surface area contributed by atoms with Crippen LogP contribution in [0.5, 0.6) is 0 Å². The number of nitrogens with one attached hydrogen (secondary N) is 1. The molecule has 1 rings (SSSR count). The summed E-state index contributed by atoms with van der Waals surface area (Å²) < 4.78 is 0. The summed E-state index contributed by atoms with van der Waals surface area (Å²) in [6.07, 6.45) is 7.39. The molecule has 2 heteroatoms. The third-order valence-electron chi connectivity index (χ3n) is 3.41. The van der Waals surface area contributed by atoms with E-state index in [1.54, 1.807) is 0 Å². The summed E-state index contributed by atoms with van der Waals surface area (Å²) in [4.78, 5) is 0. The summed E-state index contributed by atoms with van der Waals surface area (Å²) >= 11 is 0. The molecule has 1 atom stereocenters. The smallest absolute Gasteiger partial charge is 0.0209 e. The van der Waals surface area contributed by atoms with E-state index in [0.29, 0.717) is 0 Å². The number of allylic oxidation sites excluding steroid dienone is 2. The highest BCUT2D eigenvalue weighted by atomic mass is 14.6. The predicted molar refractivity (Wildman–Crippen MR) is 61.7 cm³/mol. The fourth-order valence-corrected chi connectivity index (χ4v) is 2.15. The van der Waals surface area contributed by atoms with Crippen LogP contribution in [0.15, 0.2) is 11.1 Å². The van der Waals surface area contributed by atoms with E-state index in [4.69, 9.17) is 11.1 Å². The quantitative estimate of drug-likeness (QED) is 0.652. The Bertz CT molecular complexity index is 243. The van der Waals surface area contributed by atoms with Crippen LogP contribution in [0.3, 0.4) is 0 Å². The highest BCUT2D eigenvalue weighted by Crippen LogP contribution is 2.34. The monoisotopic (exact) mass is 194 g/mol. The Labute approximate surface area is 87.1 Å². The molecule has 0 saturated heterocycles. The molecule has 0 amide bonds. The lowest BCUT2D eigenvalue weighted by Crippen LogP contribution is -2.29. The zero-order chi connectivity index (χ0) is 10.6. The van der Waals surface area contributed by atoms with E-state index < -0.39 is 0 Å². The lowest BCUT2D eigenvalue weighted by atomic mass is 9.76. The van der Waals surface area contributed by atoms with Crippen molar-refractivity contribution < 1.29 is 0 Å². The maximum absolute atomic E-state index is 7.42. The van der Waals surface area contributed by atoms with Gasteiger partial charge in [0.05, 0.1) is 0 Å². The van der Waals surface area contributed by atoms with Gasteiger partial charge in [0.1, 0.15) is 0 Å². The molecule has 0 bridgehead atoms. The average molecular weight is 194 g/mol. The molecule has 0 fully saturated rings. The van der Waals surface area contributed by atoms with Gasteiger partial charge in [-0.15, -0.1) is 0 Å². The lowest BCUT2D eigenvalue weighted by molar-refractivity contribution is 0.291. The second-order valence-corrected chi connectivity index (χ2v) is 4.85. The zero-order valence-corrected chi connectivity index (χ0v) is 9.40. The first-order chi connectivity index (χ1) is 6.61.